The first-order valence-electron chi connectivity index (χ1n) is 8.33. The van der Waals surface area contributed by atoms with Crippen molar-refractivity contribution >= 4 is 5.91 Å². The van der Waals surface area contributed by atoms with Crippen LogP contribution in [0.4, 0.5) is 0 Å². The second kappa shape index (κ2) is 7.60. The lowest BCUT2D eigenvalue weighted by Crippen LogP contribution is -2.46. The highest BCUT2D eigenvalue weighted by Gasteiger charge is 2.33. The van der Waals surface area contributed by atoms with Crippen LogP contribution < -0.4 is 0 Å². The number of hydrogen-bond acceptors (Lipinski definition) is 3. The summed E-state index contributed by atoms with van der Waals surface area (Å²) in [5, 5.41) is 0. The molecule has 4 nitrogen and oxygen atoms in total. The lowest BCUT2D eigenvalue weighted by molar-refractivity contribution is -0.138. The van der Waals surface area contributed by atoms with Gasteiger partial charge in [-0.1, -0.05) is 60.7 Å². The maximum atomic E-state index is 12.8. The summed E-state index contributed by atoms with van der Waals surface area (Å²) in [6.45, 7) is 2.09. The molecule has 1 amide bonds. The minimum atomic E-state index is -0.267. The molecule has 1 fully saturated rings. The van der Waals surface area contributed by atoms with E-state index in [9.17, 15) is 4.79 Å². The third kappa shape index (κ3) is 3.66. The van der Waals surface area contributed by atoms with Gasteiger partial charge in [0.2, 0.25) is 5.91 Å². The minimum absolute atomic E-state index is 0.00104. The predicted octanol–water partition coefficient (Wildman–Crippen LogP) is 2.89. The first kappa shape index (κ1) is 16.7. The van der Waals surface area contributed by atoms with Crippen LogP contribution in [-0.2, 0) is 9.53 Å². The zero-order valence-corrected chi connectivity index (χ0v) is 14.3. The first-order chi connectivity index (χ1) is 11.7. The van der Waals surface area contributed by atoms with Gasteiger partial charge in [-0.25, -0.2) is 0 Å². The average molecular weight is 324 g/mol. The molecule has 0 N–H and O–H groups in total. The summed E-state index contributed by atoms with van der Waals surface area (Å²) in [6.07, 6.45) is 0.00104. The van der Waals surface area contributed by atoms with E-state index in [0.717, 1.165) is 17.7 Å². The van der Waals surface area contributed by atoms with Gasteiger partial charge in [-0.05, 0) is 11.1 Å². The third-order valence-electron chi connectivity index (χ3n) is 4.42. The molecule has 0 bridgehead atoms. The van der Waals surface area contributed by atoms with Crippen molar-refractivity contribution in [3.05, 3.63) is 71.8 Å². The Morgan fingerprint density at radius 1 is 1.08 bits per heavy atom. The van der Waals surface area contributed by atoms with Gasteiger partial charge in [0.25, 0.3) is 0 Å². The van der Waals surface area contributed by atoms with Gasteiger partial charge in [-0.15, -0.1) is 0 Å². The third-order valence-corrected chi connectivity index (χ3v) is 4.42. The quantitative estimate of drug-likeness (QED) is 0.867. The van der Waals surface area contributed by atoms with Crippen molar-refractivity contribution in [2.45, 2.75) is 12.1 Å². The van der Waals surface area contributed by atoms with E-state index in [1.54, 1.807) is 4.90 Å². The van der Waals surface area contributed by atoms with Gasteiger partial charge in [0, 0.05) is 27.2 Å². The fourth-order valence-electron chi connectivity index (χ4n) is 3.16. The van der Waals surface area contributed by atoms with E-state index in [-0.39, 0.29) is 18.1 Å². The van der Waals surface area contributed by atoms with Crippen LogP contribution in [0.1, 0.15) is 23.3 Å². The van der Waals surface area contributed by atoms with Gasteiger partial charge < -0.3 is 9.64 Å². The lowest BCUT2D eigenvalue weighted by Gasteiger charge is -2.38. The second-order valence-electron chi connectivity index (χ2n) is 6.31. The monoisotopic (exact) mass is 324 g/mol. The van der Waals surface area contributed by atoms with Crippen molar-refractivity contribution in [1.29, 1.82) is 0 Å². The Balaban J connectivity index is 1.86. The van der Waals surface area contributed by atoms with Crippen molar-refractivity contribution in [3.63, 3.8) is 0 Å². The molecule has 2 atom stereocenters. The van der Waals surface area contributed by atoms with Crippen molar-refractivity contribution in [1.82, 2.24) is 9.80 Å². The standard InChI is InChI=1S/C20H24N2O2/c1-21(2)20(23)19(17-11-7-4-8-12-17)22-13-14-24-18(15-22)16-9-5-3-6-10-16/h3-12,18-19H,13-15H2,1-2H3/t18-,19+/m1/s1. The van der Waals surface area contributed by atoms with Crippen molar-refractivity contribution in [2.75, 3.05) is 33.8 Å². The molecule has 0 radical (unpaired) electrons. The van der Waals surface area contributed by atoms with Crippen LogP contribution in [-0.4, -0.2) is 49.5 Å². The van der Waals surface area contributed by atoms with E-state index < -0.39 is 0 Å². The summed E-state index contributed by atoms with van der Waals surface area (Å²) in [7, 11) is 3.63. The summed E-state index contributed by atoms with van der Waals surface area (Å²) in [6, 6.07) is 20.0. The number of carbonyl (C=O) groups excluding carboxylic acids is 1. The Bertz CT molecular complexity index is 658. The van der Waals surface area contributed by atoms with E-state index in [0.29, 0.717) is 13.2 Å². The molecule has 1 heterocycles. The van der Waals surface area contributed by atoms with Gasteiger partial charge in [-0.2, -0.15) is 0 Å². The highest BCUT2D eigenvalue weighted by atomic mass is 16.5. The van der Waals surface area contributed by atoms with E-state index in [4.69, 9.17) is 4.74 Å². The van der Waals surface area contributed by atoms with Gasteiger partial charge in [0.1, 0.15) is 6.04 Å². The number of likely N-dealkylation sites (N-methyl/N-ethyl adjacent to an activating group) is 1. The molecule has 1 aliphatic rings. The number of rotatable bonds is 4. The van der Waals surface area contributed by atoms with Crippen LogP contribution in [0, 0.1) is 0 Å². The van der Waals surface area contributed by atoms with Crippen molar-refractivity contribution in [2.24, 2.45) is 0 Å². The van der Waals surface area contributed by atoms with Crippen LogP contribution in [0.3, 0.4) is 0 Å². The predicted molar refractivity (Wildman–Crippen MR) is 94.6 cm³/mol. The number of amides is 1. The Morgan fingerprint density at radius 3 is 2.33 bits per heavy atom. The fourth-order valence-corrected chi connectivity index (χ4v) is 3.16. The van der Waals surface area contributed by atoms with Crippen LogP contribution in [0.25, 0.3) is 0 Å². The molecule has 1 aliphatic heterocycles. The van der Waals surface area contributed by atoms with Crippen molar-refractivity contribution < 1.29 is 9.53 Å². The molecule has 3 rings (SSSR count). The van der Waals surface area contributed by atoms with E-state index in [1.165, 1.54) is 0 Å². The Morgan fingerprint density at radius 2 is 1.71 bits per heavy atom. The Kier molecular flexibility index (Phi) is 5.28. The van der Waals surface area contributed by atoms with E-state index in [2.05, 4.69) is 17.0 Å². The highest BCUT2D eigenvalue weighted by molar-refractivity contribution is 5.82. The summed E-state index contributed by atoms with van der Waals surface area (Å²) >= 11 is 0. The molecule has 0 unspecified atom stereocenters. The van der Waals surface area contributed by atoms with Gasteiger partial charge in [0.05, 0.1) is 12.7 Å². The average Bonchev–Trinajstić information content (AvgIpc) is 2.64. The summed E-state index contributed by atoms with van der Waals surface area (Å²) in [5.41, 5.74) is 2.19. The van der Waals surface area contributed by atoms with E-state index in [1.807, 2.05) is 62.6 Å². The maximum Gasteiger partial charge on any atom is 0.244 e. The van der Waals surface area contributed by atoms with Crippen LogP contribution in [0.5, 0.6) is 0 Å². The normalized spacial score (nSPS) is 19.7. The molecule has 4 heteroatoms. The molecular formula is C20H24N2O2. The zero-order valence-electron chi connectivity index (χ0n) is 14.3. The molecule has 126 valence electrons. The Labute approximate surface area is 143 Å². The molecule has 2 aromatic rings. The molecule has 1 saturated heterocycles. The van der Waals surface area contributed by atoms with Crippen LogP contribution >= 0.6 is 0 Å². The number of morpholine rings is 1. The number of hydrogen-bond donors (Lipinski definition) is 0. The molecule has 0 aliphatic carbocycles. The molecule has 0 spiro atoms. The number of benzene rings is 2. The first-order valence-corrected chi connectivity index (χ1v) is 8.33. The second-order valence-corrected chi connectivity index (χ2v) is 6.31. The molecule has 0 aromatic heterocycles. The zero-order chi connectivity index (χ0) is 16.9. The topological polar surface area (TPSA) is 32.8 Å². The number of carbonyl (C=O) groups is 1. The van der Waals surface area contributed by atoms with Crippen LogP contribution in [0.2, 0.25) is 0 Å². The maximum absolute atomic E-state index is 12.8. The largest absolute Gasteiger partial charge is 0.371 e. The smallest absolute Gasteiger partial charge is 0.244 e. The van der Waals surface area contributed by atoms with Crippen LogP contribution in [0.15, 0.2) is 60.7 Å². The van der Waals surface area contributed by atoms with E-state index >= 15 is 0 Å². The lowest BCUT2D eigenvalue weighted by atomic mass is 10.0. The molecular weight excluding hydrogens is 300 g/mol. The number of nitrogens with zero attached hydrogens (tertiary/aromatic N) is 2. The molecule has 2 aromatic carbocycles. The summed E-state index contributed by atoms with van der Waals surface area (Å²) < 4.78 is 5.95. The fraction of sp³-hybridized carbons (Fsp3) is 0.350. The van der Waals surface area contributed by atoms with Gasteiger partial charge in [0.15, 0.2) is 0 Å². The summed E-state index contributed by atoms with van der Waals surface area (Å²) in [4.78, 5) is 16.7. The van der Waals surface area contributed by atoms with Gasteiger partial charge in [-0.3, -0.25) is 9.69 Å². The SMILES string of the molecule is CN(C)C(=O)[C@H](c1ccccc1)N1CCO[C@@H](c2ccccc2)C1. The molecule has 24 heavy (non-hydrogen) atoms. The molecule has 0 saturated carbocycles. The van der Waals surface area contributed by atoms with Crippen molar-refractivity contribution in [3.8, 4) is 0 Å². The minimum Gasteiger partial charge on any atom is -0.371 e. The summed E-state index contributed by atoms with van der Waals surface area (Å²) in [5.74, 6) is 0.106. The highest BCUT2D eigenvalue weighted by Crippen LogP contribution is 2.29. The van der Waals surface area contributed by atoms with Gasteiger partial charge >= 0.3 is 0 Å². The number of ether oxygens (including phenoxy) is 1. The Hall–Kier alpha value is -2.17.